The molecule has 0 saturated carbocycles. The summed E-state index contributed by atoms with van der Waals surface area (Å²) in [5.41, 5.74) is 2.55. The van der Waals surface area contributed by atoms with Crippen LogP contribution in [0.5, 0.6) is 17.8 Å². The summed E-state index contributed by atoms with van der Waals surface area (Å²) in [4.78, 5) is 23.6. The van der Waals surface area contributed by atoms with Gasteiger partial charge >= 0.3 is 6.01 Å². The Morgan fingerprint density at radius 3 is 2.33 bits per heavy atom. The lowest BCUT2D eigenvalue weighted by molar-refractivity contribution is -0.179. The van der Waals surface area contributed by atoms with Crippen LogP contribution in [-0.2, 0) is 16.8 Å². The number of nitrogens with zero attached hydrogens (tertiary/aromatic N) is 3. The average molecular weight is 403 g/mol. The molecule has 152 valence electrons. The number of ether oxygens (including phenoxy) is 3. The molecule has 0 radical (unpaired) electrons. The Hall–Kier alpha value is -3.61. The molecular weight excluding hydrogens is 382 g/mol. The van der Waals surface area contributed by atoms with E-state index in [-0.39, 0.29) is 11.9 Å². The van der Waals surface area contributed by atoms with Gasteiger partial charge in [-0.25, -0.2) is 0 Å². The molecule has 2 aliphatic heterocycles. The molecule has 1 amide bonds. The summed E-state index contributed by atoms with van der Waals surface area (Å²) in [5, 5.41) is 0. The standard InChI is InChI=1S/C23H21N3O4/c1-28-18-14-19(29-2)25-22(24-18)30-20-21(27)26-13-12-15-8-6-7-11-17(15)23(20,26)16-9-4-3-5-10-16/h3-11,14,20H,12-13H2,1-2H3/t20-,23-/m1/s1. The van der Waals surface area contributed by atoms with Gasteiger partial charge < -0.3 is 19.1 Å². The van der Waals surface area contributed by atoms with Gasteiger partial charge in [0.05, 0.1) is 20.3 Å². The van der Waals surface area contributed by atoms with Crippen molar-refractivity contribution in [2.75, 3.05) is 20.8 Å². The zero-order valence-corrected chi connectivity index (χ0v) is 16.7. The fourth-order valence-electron chi connectivity index (χ4n) is 4.53. The number of hydrogen-bond acceptors (Lipinski definition) is 6. The number of carbonyl (C=O) groups excluding carboxylic acids is 1. The molecule has 0 bridgehead atoms. The van der Waals surface area contributed by atoms with E-state index in [2.05, 4.69) is 22.1 Å². The number of methoxy groups -OCH3 is 2. The fraction of sp³-hybridized carbons (Fsp3) is 0.261. The number of benzene rings is 2. The average Bonchev–Trinajstić information content (AvgIpc) is 2.81. The van der Waals surface area contributed by atoms with Crippen molar-refractivity contribution in [3.05, 3.63) is 77.4 Å². The fourth-order valence-corrected chi connectivity index (χ4v) is 4.53. The minimum Gasteiger partial charge on any atom is -0.481 e. The summed E-state index contributed by atoms with van der Waals surface area (Å²) in [6.45, 7) is 0.632. The summed E-state index contributed by atoms with van der Waals surface area (Å²) in [5.74, 6) is 0.523. The van der Waals surface area contributed by atoms with Crippen LogP contribution in [0.25, 0.3) is 0 Å². The van der Waals surface area contributed by atoms with Crippen LogP contribution in [0.15, 0.2) is 60.7 Å². The van der Waals surface area contributed by atoms with Crippen molar-refractivity contribution in [3.8, 4) is 17.8 Å². The van der Waals surface area contributed by atoms with Crippen molar-refractivity contribution in [2.45, 2.75) is 18.1 Å². The van der Waals surface area contributed by atoms with Gasteiger partial charge in [-0.15, -0.1) is 0 Å². The third-order valence-electron chi connectivity index (χ3n) is 5.84. The monoisotopic (exact) mass is 403 g/mol. The van der Waals surface area contributed by atoms with Crippen LogP contribution in [0.4, 0.5) is 0 Å². The van der Waals surface area contributed by atoms with Crippen molar-refractivity contribution in [1.29, 1.82) is 0 Å². The predicted molar refractivity (Wildman–Crippen MR) is 109 cm³/mol. The molecule has 2 aliphatic rings. The zero-order valence-electron chi connectivity index (χ0n) is 16.7. The lowest BCUT2D eigenvalue weighted by Gasteiger charge is -2.59. The molecule has 0 unspecified atom stereocenters. The smallest absolute Gasteiger partial charge is 0.323 e. The molecule has 2 aromatic carbocycles. The highest BCUT2D eigenvalue weighted by Crippen LogP contribution is 2.51. The molecule has 1 aromatic heterocycles. The lowest BCUT2D eigenvalue weighted by atomic mass is 9.66. The Labute approximate surface area is 174 Å². The third-order valence-corrected chi connectivity index (χ3v) is 5.84. The first-order chi connectivity index (χ1) is 14.7. The largest absolute Gasteiger partial charge is 0.481 e. The molecule has 1 fully saturated rings. The minimum absolute atomic E-state index is 0.0440. The first-order valence-corrected chi connectivity index (χ1v) is 9.77. The van der Waals surface area contributed by atoms with Gasteiger partial charge in [0, 0.05) is 6.54 Å². The van der Waals surface area contributed by atoms with Crippen LogP contribution >= 0.6 is 0 Å². The van der Waals surface area contributed by atoms with Crippen molar-refractivity contribution in [2.24, 2.45) is 0 Å². The quantitative estimate of drug-likeness (QED) is 0.610. The summed E-state index contributed by atoms with van der Waals surface area (Å²) < 4.78 is 16.6. The first-order valence-electron chi connectivity index (χ1n) is 9.77. The van der Waals surface area contributed by atoms with E-state index in [1.807, 2.05) is 47.4 Å². The Kier molecular flexibility index (Phi) is 4.31. The number of aromatic nitrogens is 2. The van der Waals surface area contributed by atoms with Crippen LogP contribution in [0.3, 0.4) is 0 Å². The van der Waals surface area contributed by atoms with Crippen molar-refractivity contribution >= 4 is 5.91 Å². The lowest BCUT2D eigenvalue weighted by Crippen LogP contribution is -2.76. The third kappa shape index (κ3) is 2.55. The number of rotatable bonds is 5. The van der Waals surface area contributed by atoms with E-state index in [9.17, 15) is 4.79 Å². The van der Waals surface area contributed by atoms with Gasteiger partial charge in [0.1, 0.15) is 5.54 Å². The van der Waals surface area contributed by atoms with Gasteiger partial charge in [0.15, 0.2) is 0 Å². The molecule has 3 aromatic rings. The maximum atomic E-state index is 13.2. The summed E-state index contributed by atoms with van der Waals surface area (Å²) in [6.07, 6.45) is 0.0188. The summed E-state index contributed by atoms with van der Waals surface area (Å²) in [7, 11) is 3.01. The second kappa shape index (κ2) is 7.02. The zero-order chi connectivity index (χ0) is 20.7. The van der Waals surface area contributed by atoms with Crippen LogP contribution in [0.2, 0.25) is 0 Å². The maximum Gasteiger partial charge on any atom is 0.323 e. The van der Waals surface area contributed by atoms with Crippen LogP contribution in [0, 0.1) is 0 Å². The van der Waals surface area contributed by atoms with Crippen LogP contribution in [0.1, 0.15) is 16.7 Å². The number of β-lactam (4-membered cyclic amide) rings is 1. The summed E-state index contributed by atoms with van der Waals surface area (Å²) >= 11 is 0. The van der Waals surface area contributed by atoms with Gasteiger partial charge in [-0.2, -0.15) is 9.97 Å². The van der Waals surface area contributed by atoms with Gasteiger partial charge in [0.25, 0.3) is 5.91 Å². The molecule has 0 aliphatic carbocycles. The predicted octanol–water partition coefficient (Wildman–Crippen LogP) is 2.58. The molecule has 30 heavy (non-hydrogen) atoms. The second-order valence-electron chi connectivity index (χ2n) is 7.26. The van der Waals surface area contributed by atoms with E-state index < -0.39 is 11.6 Å². The number of carbonyl (C=O) groups is 1. The molecule has 7 nitrogen and oxygen atoms in total. The van der Waals surface area contributed by atoms with Crippen molar-refractivity contribution < 1.29 is 19.0 Å². The number of fused-ring (bicyclic) bond motifs is 3. The molecule has 3 heterocycles. The molecule has 7 heteroatoms. The van der Waals surface area contributed by atoms with Crippen molar-refractivity contribution in [3.63, 3.8) is 0 Å². The van der Waals surface area contributed by atoms with Gasteiger partial charge in [-0.1, -0.05) is 54.6 Å². The van der Waals surface area contributed by atoms with Crippen LogP contribution < -0.4 is 14.2 Å². The molecule has 2 atom stereocenters. The molecular formula is C23H21N3O4. The second-order valence-corrected chi connectivity index (χ2v) is 7.26. The molecule has 5 rings (SSSR count). The van der Waals surface area contributed by atoms with E-state index >= 15 is 0 Å². The molecule has 0 N–H and O–H groups in total. The number of hydrogen-bond donors (Lipinski definition) is 0. The first kappa shape index (κ1) is 18.4. The Balaban J connectivity index is 1.65. The minimum atomic E-state index is -0.793. The highest BCUT2D eigenvalue weighted by Gasteiger charge is 2.65. The Morgan fingerprint density at radius 1 is 0.967 bits per heavy atom. The summed E-state index contributed by atoms with van der Waals surface area (Å²) in [6, 6.07) is 19.8. The SMILES string of the molecule is COc1cc(OC)nc(O[C@@H]2C(=O)N3CCc4ccccc4[C@]23c2ccccc2)n1. The van der Waals surface area contributed by atoms with E-state index in [1.54, 1.807) is 6.07 Å². The van der Waals surface area contributed by atoms with Crippen LogP contribution in [-0.4, -0.2) is 47.6 Å². The van der Waals surface area contributed by atoms with E-state index in [0.29, 0.717) is 18.3 Å². The van der Waals surface area contributed by atoms with Crippen molar-refractivity contribution in [1.82, 2.24) is 14.9 Å². The normalized spacial score (nSPS) is 21.9. The van der Waals surface area contributed by atoms with Gasteiger partial charge in [0.2, 0.25) is 17.9 Å². The van der Waals surface area contributed by atoms with E-state index in [0.717, 1.165) is 17.5 Å². The van der Waals surface area contributed by atoms with Gasteiger partial charge in [-0.05, 0) is 23.1 Å². The van der Waals surface area contributed by atoms with E-state index in [4.69, 9.17) is 14.2 Å². The number of amides is 1. The maximum absolute atomic E-state index is 13.2. The highest BCUT2D eigenvalue weighted by molar-refractivity contribution is 5.94. The Bertz CT molecular complexity index is 1080. The van der Waals surface area contributed by atoms with Gasteiger partial charge in [-0.3, -0.25) is 4.79 Å². The highest BCUT2D eigenvalue weighted by atomic mass is 16.5. The Morgan fingerprint density at radius 2 is 1.63 bits per heavy atom. The molecule has 1 saturated heterocycles. The van der Waals surface area contributed by atoms with E-state index in [1.165, 1.54) is 19.8 Å². The molecule has 0 spiro atoms. The topological polar surface area (TPSA) is 73.8 Å².